The molecular weight excluding hydrogens is 368 g/mol. The Morgan fingerprint density at radius 3 is 2.70 bits per heavy atom. The molecule has 0 spiro atoms. The Bertz CT molecular complexity index is 738. The van der Waals surface area contributed by atoms with Crippen LogP contribution in [-0.4, -0.2) is 42.3 Å². The summed E-state index contributed by atoms with van der Waals surface area (Å²) in [4.78, 5) is 24.4. The smallest absolute Gasteiger partial charge is 0.320 e. The molecule has 10 heteroatoms. The summed E-state index contributed by atoms with van der Waals surface area (Å²) in [7, 11) is 1.58. The van der Waals surface area contributed by atoms with E-state index in [1.165, 1.54) is 15.8 Å². The number of nitrogens with zero attached hydrogens (tertiary/aromatic N) is 6. The number of carbonyl (C=O) groups is 1. The van der Waals surface area contributed by atoms with E-state index >= 15 is 0 Å². The van der Waals surface area contributed by atoms with Gasteiger partial charge < -0.3 is 4.90 Å². The number of amides is 1. The Morgan fingerprint density at radius 1 is 1.43 bits per heavy atom. The number of aromatic nitrogens is 4. The van der Waals surface area contributed by atoms with Gasteiger partial charge in [-0.3, -0.25) is 24.3 Å². The van der Waals surface area contributed by atoms with E-state index in [9.17, 15) is 14.9 Å². The number of hydrogen-bond donors (Lipinski definition) is 0. The van der Waals surface area contributed by atoms with E-state index in [2.05, 4.69) is 26.1 Å². The molecule has 2 heterocycles. The van der Waals surface area contributed by atoms with Gasteiger partial charge in [0.25, 0.3) is 5.91 Å². The maximum absolute atomic E-state index is 12.5. The predicted octanol–water partition coefficient (Wildman–Crippen LogP) is 2.06. The second-order valence-corrected chi connectivity index (χ2v) is 5.75. The van der Waals surface area contributed by atoms with Crippen LogP contribution in [0.4, 0.5) is 5.69 Å². The summed E-state index contributed by atoms with van der Waals surface area (Å²) in [6.07, 6.45) is 2.93. The Balaban J connectivity index is 2.28. The van der Waals surface area contributed by atoms with Gasteiger partial charge in [-0.1, -0.05) is 0 Å². The van der Waals surface area contributed by atoms with Crippen molar-refractivity contribution in [1.29, 1.82) is 0 Å². The summed E-state index contributed by atoms with van der Waals surface area (Å²) < 4.78 is 3.92. The number of nitro groups is 1. The zero-order valence-electron chi connectivity index (χ0n) is 13.1. The molecule has 2 rings (SSSR count). The molecule has 23 heavy (non-hydrogen) atoms. The van der Waals surface area contributed by atoms with E-state index in [0.29, 0.717) is 13.1 Å². The first-order valence-electron chi connectivity index (χ1n) is 7.06. The predicted molar refractivity (Wildman–Crippen MR) is 86.0 cm³/mol. The Kier molecular flexibility index (Phi) is 5.14. The largest absolute Gasteiger partial charge is 0.334 e. The molecule has 0 radical (unpaired) electrons. The molecule has 0 aromatic carbocycles. The lowest BCUT2D eigenvalue weighted by Gasteiger charge is -2.16. The van der Waals surface area contributed by atoms with Crippen LogP contribution < -0.4 is 0 Å². The van der Waals surface area contributed by atoms with Gasteiger partial charge in [0.2, 0.25) is 5.69 Å². The van der Waals surface area contributed by atoms with Crippen molar-refractivity contribution in [3.05, 3.63) is 38.4 Å². The van der Waals surface area contributed by atoms with Crippen molar-refractivity contribution >= 4 is 27.5 Å². The van der Waals surface area contributed by atoms with Gasteiger partial charge in [-0.2, -0.15) is 10.2 Å². The highest BCUT2D eigenvalue weighted by molar-refractivity contribution is 9.10. The van der Waals surface area contributed by atoms with Gasteiger partial charge in [0.15, 0.2) is 0 Å². The lowest BCUT2D eigenvalue weighted by atomic mass is 10.3. The lowest BCUT2D eigenvalue weighted by Crippen LogP contribution is -2.28. The molecular formula is C13H17BrN6O3. The maximum Gasteiger partial charge on any atom is 0.320 e. The third-order valence-electron chi connectivity index (χ3n) is 3.40. The number of rotatable bonds is 6. The van der Waals surface area contributed by atoms with Gasteiger partial charge >= 0.3 is 5.69 Å². The van der Waals surface area contributed by atoms with Crippen LogP contribution in [0, 0.1) is 10.1 Å². The van der Waals surface area contributed by atoms with E-state index in [0.717, 1.165) is 10.2 Å². The van der Waals surface area contributed by atoms with Crippen LogP contribution in [0.25, 0.3) is 0 Å². The third kappa shape index (κ3) is 3.41. The van der Waals surface area contributed by atoms with Gasteiger partial charge in [0.1, 0.15) is 6.20 Å². The first-order valence-corrected chi connectivity index (χ1v) is 7.85. The van der Waals surface area contributed by atoms with Crippen molar-refractivity contribution in [3.8, 4) is 0 Å². The summed E-state index contributed by atoms with van der Waals surface area (Å²) in [5.41, 5.74) is 0.380. The van der Waals surface area contributed by atoms with Crippen LogP contribution in [0.1, 0.15) is 30.0 Å². The molecule has 0 saturated heterocycles. The third-order valence-corrected chi connectivity index (χ3v) is 4.06. The summed E-state index contributed by atoms with van der Waals surface area (Å²) >= 11 is 3.40. The van der Waals surface area contributed by atoms with E-state index in [-0.39, 0.29) is 17.9 Å². The monoisotopic (exact) mass is 384 g/mol. The quantitative estimate of drug-likeness (QED) is 0.560. The van der Waals surface area contributed by atoms with Crippen LogP contribution in [0.2, 0.25) is 0 Å². The highest BCUT2D eigenvalue weighted by atomic mass is 79.9. The SMILES string of the molecule is CCn1cc([N+](=O)[O-])c(C(=O)N(C)Cc2c(Br)cnn2CC)n1. The van der Waals surface area contributed by atoms with Crippen molar-refractivity contribution in [1.82, 2.24) is 24.5 Å². The molecule has 0 N–H and O–H groups in total. The van der Waals surface area contributed by atoms with Crippen LogP contribution in [0.5, 0.6) is 0 Å². The van der Waals surface area contributed by atoms with Crippen molar-refractivity contribution in [2.45, 2.75) is 33.5 Å². The van der Waals surface area contributed by atoms with E-state index in [1.54, 1.807) is 24.9 Å². The van der Waals surface area contributed by atoms with Gasteiger partial charge in [-0.15, -0.1) is 0 Å². The van der Waals surface area contributed by atoms with E-state index in [1.807, 2.05) is 6.92 Å². The molecule has 0 saturated carbocycles. The Hall–Kier alpha value is -2.23. The molecule has 1 amide bonds. The average Bonchev–Trinajstić information content (AvgIpc) is 3.11. The second kappa shape index (κ2) is 6.90. The molecule has 0 aliphatic rings. The Morgan fingerprint density at radius 2 is 2.13 bits per heavy atom. The normalized spacial score (nSPS) is 10.8. The Labute approximate surface area is 141 Å². The van der Waals surface area contributed by atoms with Gasteiger partial charge in [-0.25, -0.2) is 0 Å². The summed E-state index contributed by atoms with van der Waals surface area (Å²) in [5, 5.41) is 19.3. The minimum absolute atomic E-state index is 0.155. The fourth-order valence-corrected chi connectivity index (χ4v) is 2.58. The molecule has 2 aromatic heterocycles. The van der Waals surface area contributed by atoms with Crippen LogP contribution in [0.15, 0.2) is 16.9 Å². The molecule has 124 valence electrons. The van der Waals surface area contributed by atoms with E-state index in [4.69, 9.17) is 0 Å². The molecule has 0 aliphatic carbocycles. The highest BCUT2D eigenvalue weighted by Gasteiger charge is 2.28. The van der Waals surface area contributed by atoms with E-state index < -0.39 is 10.8 Å². The summed E-state index contributed by atoms with van der Waals surface area (Å²) in [6, 6.07) is 0. The van der Waals surface area contributed by atoms with Gasteiger partial charge in [0.05, 0.1) is 27.8 Å². The number of carbonyl (C=O) groups excluding carboxylic acids is 1. The van der Waals surface area contributed by atoms with Crippen molar-refractivity contribution < 1.29 is 9.72 Å². The first kappa shape index (κ1) is 17.1. The van der Waals surface area contributed by atoms with Crippen LogP contribution in [-0.2, 0) is 19.6 Å². The van der Waals surface area contributed by atoms with Crippen LogP contribution >= 0.6 is 15.9 Å². The minimum Gasteiger partial charge on any atom is -0.334 e. The topological polar surface area (TPSA) is 99.1 Å². The molecule has 0 atom stereocenters. The number of aryl methyl sites for hydroxylation is 2. The lowest BCUT2D eigenvalue weighted by molar-refractivity contribution is -0.385. The second-order valence-electron chi connectivity index (χ2n) is 4.89. The minimum atomic E-state index is -0.591. The molecule has 2 aromatic rings. The van der Waals surface area contributed by atoms with Gasteiger partial charge in [-0.05, 0) is 29.8 Å². The first-order chi connectivity index (χ1) is 10.9. The highest BCUT2D eigenvalue weighted by Crippen LogP contribution is 2.21. The number of halogens is 1. The van der Waals surface area contributed by atoms with Crippen molar-refractivity contribution in [2.75, 3.05) is 7.05 Å². The average molecular weight is 385 g/mol. The zero-order chi connectivity index (χ0) is 17.1. The maximum atomic E-state index is 12.5. The van der Waals surface area contributed by atoms with Gasteiger partial charge in [0, 0.05) is 20.1 Å². The molecule has 9 nitrogen and oxygen atoms in total. The number of hydrogen-bond acceptors (Lipinski definition) is 5. The van der Waals surface area contributed by atoms with Crippen molar-refractivity contribution in [2.24, 2.45) is 0 Å². The summed E-state index contributed by atoms with van der Waals surface area (Å²) in [6.45, 7) is 5.12. The molecule has 0 bridgehead atoms. The molecule has 0 fully saturated rings. The van der Waals surface area contributed by atoms with Crippen molar-refractivity contribution in [3.63, 3.8) is 0 Å². The summed E-state index contributed by atoms with van der Waals surface area (Å²) in [5.74, 6) is -0.500. The molecule has 0 aliphatic heterocycles. The molecule has 0 unspecified atom stereocenters. The fourth-order valence-electron chi connectivity index (χ4n) is 2.15. The standard InChI is InChI=1S/C13H17BrN6O3/c1-4-18-8-11(20(22)23)12(16-18)13(21)17(3)7-10-9(14)6-15-19(10)5-2/h6,8H,4-5,7H2,1-3H3. The fraction of sp³-hybridized carbons (Fsp3) is 0.462. The zero-order valence-corrected chi connectivity index (χ0v) is 14.6. The van der Waals surface area contributed by atoms with Crippen LogP contribution in [0.3, 0.4) is 0 Å².